The van der Waals surface area contributed by atoms with E-state index in [1.165, 1.54) is 12.1 Å². The maximum atomic E-state index is 11.2. The Bertz CT molecular complexity index is 479. The number of aromatic nitrogens is 1. The number of amides is 1. The second kappa shape index (κ2) is 6.94. The molecule has 0 unspecified atom stereocenters. The van der Waals surface area contributed by atoms with Gasteiger partial charge in [-0.2, -0.15) is 0 Å². The molecule has 0 saturated heterocycles. The molecule has 1 heterocycles. The van der Waals surface area contributed by atoms with Crippen molar-refractivity contribution in [3.8, 4) is 0 Å². The van der Waals surface area contributed by atoms with Crippen LogP contribution in [0.15, 0.2) is 12.1 Å². The zero-order valence-electron chi connectivity index (χ0n) is 10.6. The minimum Gasteiger partial charge on any atom is -0.478 e. The highest BCUT2D eigenvalue weighted by Crippen LogP contribution is 2.21. The van der Waals surface area contributed by atoms with E-state index in [9.17, 15) is 9.59 Å². The van der Waals surface area contributed by atoms with Crippen molar-refractivity contribution in [1.82, 2.24) is 4.98 Å². The van der Waals surface area contributed by atoms with E-state index in [2.05, 4.69) is 4.98 Å². The molecular formula is C12H16ClN3O3. The standard InChI is InChI=1S/C12H16ClN3O3/c1-2-3-6-16(7-10(14)17)11-8(12(18)19)4-5-9(13)15-11/h4-5H,2-3,6-7H2,1H3,(H2,14,17)(H,18,19). The molecule has 0 aliphatic carbocycles. The fourth-order valence-electron chi connectivity index (χ4n) is 1.63. The third-order valence-electron chi connectivity index (χ3n) is 2.50. The summed E-state index contributed by atoms with van der Waals surface area (Å²) >= 11 is 5.79. The van der Waals surface area contributed by atoms with E-state index in [1.54, 1.807) is 4.90 Å². The largest absolute Gasteiger partial charge is 0.478 e. The molecule has 0 radical (unpaired) electrons. The van der Waals surface area contributed by atoms with E-state index in [4.69, 9.17) is 22.4 Å². The molecule has 19 heavy (non-hydrogen) atoms. The Labute approximate surface area is 116 Å². The Kier molecular flexibility index (Phi) is 5.57. The number of carboxylic acid groups (broad SMARTS) is 1. The molecule has 1 aromatic rings. The second-order valence-electron chi connectivity index (χ2n) is 4.05. The normalized spacial score (nSPS) is 10.2. The van der Waals surface area contributed by atoms with Crippen LogP contribution in [0.3, 0.4) is 0 Å². The number of nitrogens with zero attached hydrogens (tertiary/aromatic N) is 2. The Hall–Kier alpha value is -1.82. The smallest absolute Gasteiger partial charge is 0.339 e. The number of unbranched alkanes of at least 4 members (excludes halogenated alkanes) is 1. The number of carbonyl (C=O) groups is 2. The highest BCUT2D eigenvalue weighted by Gasteiger charge is 2.19. The molecule has 1 rings (SSSR count). The number of pyridine rings is 1. The van der Waals surface area contributed by atoms with Gasteiger partial charge in [0, 0.05) is 6.54 Å². The van der Waals surface area contributed by atoms with Crippen LogP contribution in [0.5, 0.6) is 0 Å². The summed E-state index contributed by atoms with van der Waals surface area (Å²) in [4.78, 5) is 27.8. The van der Waals surface area contributed by atoms with Gasteiger partial charge in [-0.3, -0.25) is 4.79 Å². The molecule has 0 fully saturated rings. The molecule has 0 saturated carbocycles. The Balaban J connectivity index is 3.14. The topological polar surface area (TPSA) is 96.5 Å². The van der Waals surface area contributed by atoms with E-state index < -0.39 is 11.9 Å². The average Bonchev–Trinajstić information content (AvgIpc) is 2.33. The fourth-order valence-corrected chi connectivity index (χ4v) is 1.77. The Morgan fingerprint density at radius 2 is 2.16 bits per heavy atom. The molecule has 0 spiro atoms. The van der Waals surface area contributed by atoms with Crippen LogP contribution < -0.4 is 10.6 Å². The SMILES string of the molecule is CCCCN(CC(N)=O)c1nc(Cl)ccc1C(=O)O. The molecule has 0 atom stereocenters. The predicted molar refractivity (Wildman–Crippen MR) is 72.5 cm³/mol. The quantitative estimate of drug-likeness (QED) is 0.741. The third-order valence-corrected chi connectivity index (χ3v) is 2.71. The van der Waals surface area contributed by atoms with Gasteiger partial charge < -0.3 is 15.7 Å². The maximum absolute atomic E-state index is 11.2. The average molecular weight is 286 g/mol. The first-order chi connectivity index (χ1) is 8.95. The summed E-state index contributed by atoms with van der Waals surface area (Å²) in [6, 6.07) is 2.77. The third kappa shape index (κ3) is 4.40. The van der Waals surface area contributed by atoms with Crippen molar-refractivity contribution < 1.29 is 14.7 Å². The molecule has 6 nitrogen and oxygen atoms in total. The van der Waals surface area contributed by atoms with E-state index in [1.807, 2.05) is 6.92 Å². The van der Waals surface area contributed by atoms with Gasteiger partial charge in [-0.05, 0) is 18.6 Å². The molecule has 7 heteroatoms. The van der Waals surface area contributed by atoms with Crippen molar-refractivity contribution in [3.05, 3.63) is 22.8 Å². The lowest BCUT2D eigenvalue weighted by molar-refractivity contribution is -0.116. The number of hydrogen-bond acceptors (Lipinski definition) is 4. The van der Waals surface area contributed by atoms with Gasteiger partial charge in [-0.25, -0.2) is 9.78 Å². The summed E-state index contributed by atoms with van der Waals surface area (Å²) in [5.41, 5.74) is 5.18. The van der Waals surface area contributed by atoms with Crippen LogP contribution in [0.2, 0.25) is 5.15 Å². The van der Waals surface area contributed by atoms with E-state index >= 15 is 0 Å². The van der Waals surface area contributed by atoms with Crippen molar-refractivity contribution >= 4 is 29.3 Å². The Morgan fingerprint density at radius 1 is 1.47 bits per heavy atom. The van der Waals surface area contributed by atoms with Crippen molar-refractivity contribution in [3.63, 3.8) is 0 Å². The molecule has 0 aliphatic heterocycles. The molecule has 104 valence electrons. The van der Waals surface area contributed by atoms with Crippen LogP contribution in [0.25, 0.3) is 0 Å². The summed E-state index contributed by atoms with van der Waals surface area (Å²) in [7, 11) is 0. The van der Waals surface area contributed by atoms with Crippen LogP contribution in [0, 0.1) is 0 Å². The van der Waals surface area contributed by atoms with Crippen LogP contribution in [-0.2, 0) is 4.79 Å². The van der Waals surface area contributed by atoms with Crippen LogP contribution in [0.4, 0.5) is 5.82 Å². The van der Waals surface area contributed by atoms with Crippen LogP contribution in [-0.4, -0.2) is 35.1 Å². The first-order valence-corrected chi connectivity index (χ1v) is 6.26. The highest BCUT2D eigenvalue weighted by molar-refractivity contribution is 6.29. The lowest BCUT2D eigenvalue weighted by atomic mass is 10.2. The molecule has 3 N–H and O–H groups in total. The number of aromatic carboxylic acids is 1. The van der Waals surface area contributed by atoms with Crippen LogP contribution in [0.1, 0.15) is 30.1 Å². The minimum atomic E-state index is -1.12. The summed E-state index contributed by atoms with van der Waals surface area (Å²) in [6.07, 6.45) is 1.69. The first-order valence-electron chi connectivity index (χ1n) is 5.88. The fraction of sp³-hybridized carbons (Fsp3) is 0.417. The van der Waals surface area contributed by atoms with Crippen molar-refractivity contribution in [1.29, 1.82) is 0 Å². The van der Waals surface area contributed by atoms with Crippen LogP contribution >= 0.6 is 11.6 Å². The Morgan fingerprint density at radius 3 is 2.68 bits per heavy atom. The highest BCUT2D eigenvalue weighted by atomic mass is 35.5. The predicted octanol–water partition coefficient (Wildman–Crippen LogP) is 1.52. The molecular weight excluding hydrogens is 270 g/mol. The molecule has 0 aliphatic rings. The number of carboxylic acids is 1. The van der Waals surface area contributed by atoms with Gasteiger partial charge in [-0.15, -0.1) is 0 Å². The van der Waals surface area contributed by atoms with Gasteiger partial charge in [0.05, 0.1) is 6.54 Å². The molecule has 0 bridgehead atoms. The number of hydrogen-bond donors (Lipinski definition) is 2. The minimum absolute atomic E-state index is 0.00162. The number of halogens is 1. The zero-order valence-corrected chi connectivity index (χ0v) is 11.4. The summed E-state index contributed by atoms with van der Waals surface area (Å²) in [6.45, 7) is 2.40. The van der Waals surface area contributed by atoms with Gasteiger partial charge >= 0.3 is 5.97 Å². The zero-order chi connectivity index (χ0) is 14.4. The van der Waals surface area contributed by atoms with Gasteiger partial charge in [0.25, 0.3) is 0 Å². The summed E-state index contributed by atoms with van der Waals surface area (Å²) < 4.78 is 0. The van der Waals surface area contributed by atoms with E-state index in [0.717, 1.165) is 12.8 Å². The number of rotatable bonds is 7. The number of primary amides is 1. The van der Waals surface area contributed by atoms with Gasteiger partial charge in [0.1, 0.15) is 16.5 Å². The summed E-state index contributed by atoms with van der Waals surface area (Å²) in [5.74, 6) is -1.49. The van der Waals surface area contributed by atoms with Gasteiger partial charge in [0.2, 0.25) is 5.91 Å². The molecule has 1 amide bonds. The lowest BCUT2D eigenvalue weighted by Crippen LogP contribution is -2.36. The van der Waals surface area contributed by atoms with Crippen molar-refractivity contribution in [2.24, 2.45) is 5.73 Å². The monoisotopic (exact) mass is 285 g/mol. The maximum Gasteiger partial charge on any atom is 0.339 e. The van der Waals surface area contributed by atoms with E-state index in [0.29, 0.717) is 6.54 Å². The van der Waals surface area contributed by atoms with Crippen molar-refractivity contribution in [2.75, 3.05) is 18.0 Å². The lowest BCUT2D eigenvalue weighted by Gasteiger charge is -2.23. The molecule has 0 aromatic carbocycles. The number of anilines is 1. The first kappa shape index (κ1) is 15.2. The van der Waals surface area contributed by atoms with E-state index in [-0.39, 0.29) is 23.1 Å². The summed E-state index contributed by atoms with van der Waals surface area (Å²) in [5, 5.41) is 9.31. The number of carbonyl (C=O) groups excluding carboxylic acids is 1. The van der Waals surface area contributed by atoms with Crippen molar-refractivity contribution in [2.45, 2.75) is 19.8 Å². The van der Waals surface area contributed by atoms with Gasteiger partial charge in [0.15, 0.2) is 0 Å². The molecule has 1 aromatic heterocycles. The number of nitrogens with two attached hydrogens (primary N) is 1. The van der Waals surface area contributed by atoms with Gasteiger partial charge in [-0.1, -0.05) is 24.9 Å². The second-order valence-corrected chi connectivity index (χ2v) is 4.44.